The van der Waals surface area contributed by atoms with Gasteiger partial charge in [-0.25, -0.2) is 0 Å². The average molecular weight is 271 g/mol. The average Bonchev–Trinajstić information content (AvgIpc) is 2.38. The van der Waals surface area contributed by atoms with Crippen LogP contribution in [0.25, 0.3) is 0 Å². The summed E-state index contributed by atoms with van der Waals surface area (Å²) in [6, 6.07) is 4.71. The number of halogens is 1. The number of nitrogens with zero attached hydrogens (tertiary/aromatic N) is 2. The molecule has 0 amide bonds. The number of rotatable bonds is 3. The van der Waals surface area contributed by atoms with Crippen molar-refractivity contribution < 1.29 is 10.0 Å². The van der Waals surface area contributed by atoms with Crippen LogP contribution < -0.4 is 4.90 Å². The van der Waals surface area contributed by atoms with Gasteiger partial charge in [-0.15, -0.1) is 0 Å². The van der Waals surface area contributed by atoms with Gasteiger partial charge < -0.3 is 10.0 Å². The van der Waals surface area contributed by atoms with Crippen LogP contribution in [0, 0.1) is 16.0 Å². The Hall–Kier alpha value is -1.33. The van der Waals surface area contributed by atoms with Gasteiger partial charge in [0.1, 0.15) is 5.69 Å². The molecule has 0 radical (unpaired) electrons. The van der Waals surface area contributed by atoms with Crippen LogP contribution in [-0.2, 0) is 0 Å². The fraction of sp³-hybridized carbons (Fsp3) is 0.500. The topological polar surface area (TPSA) is 66.6 Å². The van der Waals surface area contributed by atoms with Gasteiger partial charge in [-0.2, -0.15) is 0 Å². The zero-order valence-corrected chi connectivity index (χ0v) is 10.6. The molecule has 0 saturated carbocycles. The summed E-state index contributed by atoms with van der Waals surface area (Å²) in [5.74, 6) is 0.189. The molecule has 1 saturated heterocycles. The van der Waals surface area contributed by atoms with Gasteiger partial charge in [-0.1, -0.05) is 11.6 Å². The maximum atomic E-state index is 11.0. The zero-order chi connectivity index (χ0) is 13.1. The van der Waals surface area contributed by atoms with Gasteiger partial charge in [-0.05, 0) is 30.9 Å². The zero-order valence-electron chi connectivity index (χ0n) is 9.88. The molecule has 6 heteroatoms. The van der Waals surface area contributed by atoms with Gasteiger partial charge in [-0.3, -0.25) is 10.1 Å². The maximum Gasteiger partial charge on any atom is 0.294 e. The first kappa shape index (κ1) is 13.1. The molecular formula is C12H15ClN2O3. The quantitative estimate of drug-likeness (QED) is 0.677. The van der Waals surface area contributed by atoms with Gasteiger partial charge in [0.25, 0.3) is 5.69 Å². The third kappa shape index (κ3) is 2.73. The summed E-state index contributed by atoms with van der Waals surface area (Å²) >= 11 is 5.79. The molecule has 1 atom stereocenters. The molecule has 1 fully saturated rings. The minimum absolute atomic E-state index is 0.0288. The van der Waals surface area contributed by atoms with Gasteiger partial charge >= 0.3 is 0 Å². The van der Waals surface area contributed by atoms with Crippen LogP contribution >= 0.6 is 11.6 Å². The number of nitro benzene ring substituents is 1. The Morgan fingerprint density at radius 2 is 2.33 bits per heavy atom. The molecule has 1 unspecified atom stereocenters. The van der Waals surface area contributed by atoms with Crippen LogP contribution in [0.5, 0.6) is 0 Å². The van der Waals surface area contributed by atoms with E-state index in [0.717, 1.165) is 19.4 Å². The lowest BCUT2D eigenvalue weighted by Gasteiger charge is -2.33. The van der Waals surface area contributed by atoms with Crippen LogP contribution in [0.1, 0.15) is 12.8 Å². The number of benzene rings is 1. The molecule has 0 spiro atoms. The SMILES string of the molecule is O=[N+]([O-])c1cc(Cl)ccc1N1CCCC(CO)C1. The summed E-state index contributed by atoms with van der Waals surface area (Å²) < 4.78 is 0. The first-order valence-electron chi connectivity index (χ1n) is 5.91. The van der Waals surface area contributed by atoms with E-state index in [1.165, 1.54) is 6.07 Å². The molecule has 1 aliphatic heterocycles. The summed E-state index contributed by atoms with van der Waals surface area (Å²) in [6.45, 7) is 1.55. The summed E-state index contributed by atoms with van der Waals surface area (Å²) in [5, 5.41) is 20.6. The summed E-state index contributed by atoms with van der Waals surface area (Å²) in [7, 11) is 0. The Labute approximate surface area is 110 Å². The Morgan fingerprint density at radius 1 is 1.56 bits per heavy atom. The van der Waals surface area contributed by atoms with E-state index in [0.29, 0.717) is 17.3 Å². The van der Waals surface area contributed by atoms with Crippen molar-refractivity contribution in [3.8, 4) is 0 Å². The van der Waals surface area contributed by atoms with Crippen LogP contribution in [0.4, 0.5) is 11.4 Å². The Balaban J connectivity index is 2.29. The molecule has 2 rings (SSSR count). The van der Waals surface area contributed by atoms with Gasteiger partial charge in [0.2, 0.25) is 0 Å². The van der Waals surface area contributed by atoms with Crippen LogP contribution in [-0.4, -0.2) is 29.7 Å². The van der Waals surface area contributed by atoms with E-state index in [-0.39, 0.29) is 18.2 Å². The Kier molecular flexibility index (Phi) is 4.04. The van der Waals surface area contributed by atoms with Crippen molar-refractivity contribution in [2.45, 2.75) is 12.8 Å². The van der Waals surface area contributed by atoms with Crippen LogP contribution in [0.3, 0.4) is 0 Å². The second kappa shape index (κ2) is 5.54. The van der Waals surface area contributed by atoms with E-state index in [1.807, 2.05) is 4.90 Å². The van der Waals surface area contributed by atoms with Crippen molar-refractivity contribution in [1.29, 1.82) is 0 Å². The normalized spacial score (nSPS) is 19.9. The van der Waals surface area contributed by atoms with Crippen molar-refractivity contribution >= 4 is 23.0 Å². The number of hydrogen-bond donors (Lipinski definition) is 1. The Bertz CT molecular complexity index is 453. The van der Waals surface area contributed by atoms with E-state index in [4.69, 9.17) is 11.6 Å². The number of hydrogen-bond acceptors (Lipinski definition) is 4. The Morgan fingerprint density at radius 3 is 3.00 bits per heavy atom. The molecule has 98 valence electrons. The predicted molar refractivity (Wildman–Crippen MR) is 70.1 cm³/mol. The second-order valence-electron chi connectivity index (χ2n) is 4.53. The fourth-order valence-corrected chi connectivity index (χ4v) is 2.51. The second-order valence-corrected chi connectivity index (χ2v) is 4.96. The molecule has 1 aromatic carbocycles. The molecule has 1 N–H and O–H groups in total. The summed E-state index contributed by atoms with van der Waals surface area (Å²) in [5.41, 5.74) is 0.614. The van der Waals surface area contributed by atoms with Crippen molar-refractivity contribution in [2.24, 2.45) is 5.92 Å². The highest BCUT2D eigenvalue weighted by atomic mass is 35.5. The third-order valence-corrected chi connectivity index (χ3v) is 3.49. The smallest absolute Gasteiger partial charge is 0.294 e. The summed E-state index contributed by atoms with van der Waals surface area (Å²) in [6.07, 6.45) is 1.90. The lowest BCUT2D eigenvalue weighted by molar-refractivity contribution is -0.384. The van der Waals surface area contributed by atoms with E-state index < -0.39 is 4.92 Å². The molecule has 18 heavy (non-hydrogen) atoms. The summed E-state index contributed by atoms with van der Waals surface area (Å²) in [4.78, 5) is 12.6. The minimum atomic E-state index is -0.413. The number of aliphatic hydroxyl groups is 1. The largest absolute Gasteiger partial charge is 0.396 e. The van der Waals surface area contributed by atoms with E-state index in [9.17, 15) is 15.2 Å². The van der Waals surface area contributed by atoms with Crippen molar-refractivity contribution in [3.05, 3.63) is 33.3 Å². The first-order chi connectivity index (χ1) is 8.61. The molecule has 5 nitrogen and oxygen atoms in total. The highest BCUT2D eigenvalue weighted by Gasteiger charge is 2.25. The number of aliphatic hydroxyl groups excluding tert-OH is 1. The van der Waals surface area contributed by atoms with Gasteiger partial charge in [0.15, 0.2) is 0 Å². The molecule has 1 aromatic rings. The fourth-order valence-electron chi connectivity index (χ4n) is 2.34. The van der Waals surface area contributed by atoms with Gasteiger partial charge in [0, 0.05) is 30.8 Å². The maximum absolute atomic E-state index is 11.0. The molecule has 0 aromatic heterocycles. The highest BCUT2D eigenvalue weighted by molar-refractivity contribution is 6.30. The van der Waals surface area contributed by atoms with Gasteiger partial charge in [0.05, 0.1) is 4.92 Å². The molecular weight excluding hydrogens is 256 g/mol. The number of nitro groups is 1. The first-order valence-corrected chi connectivity index (χ1v) is 6.29. The van der Waals surface area contributed by atoms with E-state index in [2.05, 4.69) is 0 Å². The number of piperidine rings is 1. The predicted octanol–water partition coefficient (Wildman–Crippen LogP) is 2.46. The van der Waals surface area contributed by atoms with Crippen molar-refractivity contribution in [1.82, 2.24) is 0 Å². The molecule has 0 aliphatic carbocycles. The van der Waals surface area contributed by atoms with Crippen molar-refractivity contribution in [3.63, 3.8) is 0 Å². The lowest BCUT2D eigenvalue weighted by atomic mass is 9.98. The van der Waals surface area contributed by atoms with E-state index >= 15 is 0 Å². The third-order valence-electron chi connectivity index (χ3n) is 3.25. The molecule has 0 bridgehead atoms. The molecule has 1 heterocycles. The van der Waals surface area contributed by atoms with Crippen LogP contribution in [0.15, 0.2) is 18.2 Å². The van der Waals surface area contributed by atoms with Crippen molar-refractivity contribution in [2.75, 3.05) is 24.6 Å². The molecule has 1 aliphatic rings. The van der Waals surface area contributed by atoms with Crippen LogP contribution in [0.2, 0.25) is 5.02 Å². The highest BCUT2D eigenvalue weighted by Crippen LogP contribution is 2.33. The van der Waals surface area contributed by atoms with E-state index in [1.54, 1.807) is 12.1 Å². The monoisotopic (exact) mass is 270 g/mol. The minimum Gasteiger partial charge on any atom is -0.396 e. The lowest BCUT2D eigenvalue weighted by Crippen LogP contribution is -2.37. The number of anilines is 1. The standard InChI is InChI=1S/C12H15ClN2O3/c13-10-3-4-11(12(6-10)15(17)18)14-5-1-2-9(7-14)8-16/h3-4,6,9,16H,1-2,5,7-8H2.